The van der Waals surface area contributed by atoms with Gasteiger partial charge in [-0.15, -0.1) is 0 Å². The smallest absolute Gasteiger partial charge is 0.0612 e. The number of rotatable bonds is 8. The fraction of sp³-hybridized carbons (Fsp3) is 0.950. The van der Waals surface area contributed by atoms with Crippen molar-refractivity contribution in [2.24, 2.45) is 23.2 Å². The summed E-state index contributed by atoms with van der Waals surface area (Å²) in [5.74, 6) is 2.27. The van der Waals surface area contributed by atoms with Crippen LogP contribution in [-0.2, 0) is 4.74 Å². The minimum atomic E-state index is 0.103. The third kappa shape index (κ3) is 5.27. The molecule has 1 fully saturated rings. The molecule has 0 aliphatic heterocycles. The molecule has 1 aliphatic rings. The van der Waals surface area contributed by atoms with Crippen LogP contribution >= 0.6 is 0 Å². The van der Waals surface area contributed by atoms with Gasteiger partial charge in [-0.1, -0.05) is 53.9 Å². The molecule has 0 heterocycles. The van der Waals surface area contributed by atoms with E-state index in [-0.39, 0.29) is 11.5 Å². The first-order valence-electron chi connectivity index (χ1n) is 9.34. The van der Waals surface area contributed by atoms with Crippen LogP contribution in [0.1, 0.15) is 86.5 Å². The van der Waals surface area contributed by atoms with Gasteiger partial charge in [0, 0.05) is 0 Å². The third-order valence-corrected chi connectivity index (χ3v) is 5.70. The van der Waals surface area contributed by atoms with Gasteiger partial charge < -0.3 is 4.74 Å². The average molecular weight is 296 g/mol. The zero-order valence-corrected chi connectivity index (χ0v) is 15.5. The Hall–Kier alpha value is -0.0400. The monoisotopic (exact) mass is 295 g/mol. The van der Waals surface area contributed by atoms with E-state index in [1.54, 1.807) is 0 Å². The van der Waals surface area contributed by atoms with E-state index in [2.05, 4.69) is 48.5 Å². The van der Waals surface area contributed by atoms with Crippen molar-refractivity contribution in [3.63, 3.8) is 0 Å². The van der Waals surface area contributed by atoms with Crippen LogP contribution in [0.3, 0.4) is 0 Å². The molecule has 0 spiro atoms. The Bertz CT molecular complexity index is 278. The molecule has 4 atom stereocenters. The fourth-order valence-corrected chi connectivity index (χ4v) is 4.21. The van der Waals surface area contributed by atoms with Crippen molar-refractivity contribution in [1.29, 1.82) is 0 Å². The van der Waals surface area contributed by atoms with Gasteiger partial charge in [-0.25, -0.2) is 0 Å². The van der Waals surface area contributed by atoms with E-state index >= 15 is 0 Å². The topological polar surface area (TPSA) is 9.23 Å². The van der Waals surface area contributed by atoms with Crippen molar-refractivity contribution in [2.45, 2.75) is 98.7 Å². The molecule has 1 aliphatic carbocycles. The summed E-state index contributed by atoms with van der Waals surface area (Å²) in [7, 11) is 0. The van der Waals surface area contributed by atoms with Crippen molar-refractivity contribution in [1.82, 2.24) is 0 Å². The van der Waals surface area contributed by atoms with Gasteiger partial charge >= 0.3 is 0 Å². The van der Waals surface area contributed by atoms with E-state index in [0.29, 0.717) is 6.10 Å². The van der Waals surface area contributed by atoms with Crippen molar-refractivity contribution in [2.75, 3.05) is 0 Å². The second-order valence-electron chi connectivity index (χ2n) is 8.01. The van der Waals surface area contributed by atoms with Crippen LogP contribution in [0.5, 0.6) is 0 Å². The van der Waals surface area contributed by atoms with Crippen LogP contribution in [0.2, 0.25) is 0 Å². The van der Waals surface area contributed by atoms with Crippen LogP contribution < -0.4 is 0 Å². The zero-order chi connectivity index (χ0) is 16.0. The fourth-order valence-electron chi connectivity index (χ4n) is 4.21. The van der Waals surface area contributed by atoms with Crippen LogP contribution in [0, 0.1) is 30.1 Å². The SMILES string of the molecule is [CH2]C(CCC)(CCC)C(C)OC1CC(C)CCC1C(C)C. The highest BCUT2D eigenvalue weighted by atomic mass is 16.5. The first kappa shape index (κ1) is 19.0. The quantitative estimate of drug-likeness (QED) is 0.512. The Morgan fingerprint density at radius 3 is 2.14 bits per heavy atom. The maximum Gasteiger partial charge on any atom is 0.0612 e. The van der Waals surface area contributed by atoms with Crippen LogP contribution in [-0.4, -0.2) is 12.2 Å². The molecule has 0 aromatic carbocycles. The summed E-state index contributed by atoms with van der Waals surface area (Å²) >= 11 is 0. The van der Waals surface area contributed by atoms with Gasteiger partial charge in [-0.2, -0.15) is 0 Å². The summed E-state index contributed by atoms with van der Waals surface area (Å²) in [5.41, 5.74) is 0.103. The molecule has 0 amide bonds. The summed E-state index contributed by atoms with van der Waals surface area (Å²) < 4.78 is 6.64. The van der Waals surface area contributed by atoms with Gasteiger partial charge in [-0.05, 0) is 62.7 Å². The lowest BCUT2D eigenvalue weighted by Crippen LogP contribution is -2.41. The molecule has 0 aromatic rings. The summed E-state index contributed by atoms with van der Waals surface area (Å²) in [6.07, 6.45) is 9.41. The van der Waals surface area contributed by atoms with Gasteiger partial charge in [0.1, 0.15) is 0 Å². The minimum absolute atomic E-state index is 0.103. The molecule has 1 saturated carbocycles. The molecule has 0 aromatic heterocycles. The molecule has 125 valence electrons. The predicted molar refractivity (Wildman–Crippen MR) is 93.3 cm³/mol. The van der Waals surface area contributed by atoms with Gasteiger partial charge in [-0.3, -0.25) is 0 Å². The molecule has 1 rings (SSSR count). The Kier molecular flexibility index (Phi) is 7.74. The maximum absolute atomic E-state index is 6.64. The molecule has 0 bridgehead atoms. The van der Waals surface area contributed by atoms with E-state index in [9.17, 15) is 0 Å². The summed E-state index contributed by atoms with van der Waals surface area (Å²) in [6.45, 7) is 18.5. The van der Waals surface area contributed by atoms with Crippen LogP contribution in [0.4, 0.5) is 0 Å². The largest absolute Gasteiger partial charge is 0.374 e. The van der Waals surface area contributed by atoms with Gasteiger partial charge in [0.05, 0.1) is 12.2 Å². The highest BCUT2D eigenvalue weighted by molar-refractivity contribution is 4.90. The van der Waals surface area contributed by atoms with E-state index in [1.807, 2.05) is 0 Å². The van der Waals surface area contributed by atoms with Gasteiger partial charge in [0.2, 0.25) is 0 Å². The predicted octanol–water partition coefficient (Wildman–Crippen LogP) is 6.27. The number of ether oxygens (including phenoxy) is 1. The minimum Gasteiger partial charge on any atom is -0.374 e. The standard InChI is InChI=1S/C20H39O/c1-8-12-20(7,13-9-2)17(6)21-19-14-16(5)10-11-18(19)15(3)4/h15-19H,7-14H2,1-6H3. The van der Waals surface area contributed by atoms with Crippen LogP contribution in [0.25, 0.3) is 0 Å². The molecule has 0 N–H and O–H groups in total. The lowest BCUT2D eigenvalue weighted by atomic mass is 9.74. The molecule has 4 unspecified atom stereocenters. The van der Waals surface area contributed by atoms with Crippen molar-refractivity contribution >= 4 is 0 Å². The lowest BCUT2D eigenvalue weighted by Gasteiger charge is -2.43. The molecule has 1 heteroatoms. The molecule has 1 radical (unpaired) electrons. The summed E-state index contributed by atoms with van der Waals surface area (Å²) in [6, 6.07) is 0. The zero-order valence-electron chi connectivity index (χ0n) is 15.5. The van der Waals surface area contributed by atoms with Crippen LogP contribution in [0.15, 0.2) is 0 Å². The van der Waals surface area contributed by atoms with Crippen molar-refractivity contribution in [3.8, 4) is 0 Å². The van der Waals surface area contributed by atoms with Crippen molar-refractivity contribution < 1.29 is 4.74 Å². The summed E-state index contributed by atoms with van der Waals surface area (Å²) in [4.78, 5) is 0. The molecule has 0 saturated heterocycles. The highest BCUT2D eigenvalue weighted by Crippen LogP contribution is 2.40. The molecule has 1 nitrogen and oxygen atoms in total. The average Bonchev–Trinajstić information content (AvgIpc) is 2.38. The van der Waals surface area contributed by atoms with E-state index < -0.39 is 0 Å². The second-order valence-corrected chi connectivity index (χ2v) is 8.01. The Labute approximate surface area is 134 Å². The molecular weight excluding hydrogens is 256 g/mol. The lowest BCUT2D eigenvalue weighted by molar-refractivity contribution is -0.113. The second kappa shape index (κ2) is 8.56. The van der Waals surface area contributed by atoms with Crippen molar-refractivity contribution in [3.05, 3.63) is 6.92 Å². The highest BCUT2D eigenvalue weighted by Gasteiger charge is 2.37. The maximum atomic E-state index is 6.64. The summed E-state index contributed by atoms with van der Waals surface area (Å²) in [5, 5.41) is 0. The normalized spacial score (nSPS) is 28.9. The first-order valence-corrected chi connectivity index (χ1v) is 9.34. The molecule has 21 heavy (non-hydrogen) atoms. The third-order valence-electron chi connectivity index (χ3n) is 5.70. The van der Waals surface area contributed by atoms with Gasteiger partial charge in [0.25, 0.3) is 0 Å². The van der Waals surface area contributed by atoms with E-state index in [1.165, 1.54) is 44.9 Å². The molecular formula is C20H39O. The Balaban J connectivity index is 2.74. The Morgan fingerprint density at radius 1 is 1.10 bits per heavy atom. The van der Waals surface area contributed by atoms with E-state index in [4.69, 9.17) is 4.74 Å². The number of hydrogen-bond acceptors (Lipinski definition) is 1. The first-order chi connectivity index (χ1) is 9.84. The number of hydrogen-bond donors (Lipinski definition) is 0. The van der Waals surface area contributed by atoms with E-state index in [0.717, 1.165) is 17.8 Å². The Morgan fingerprint density at radius 2 is 1.67 bits per heavy atom. The van der Waals surface area contributed by atoms with Gasteiger partial charge in [0.15, 0.2) is 0 Å².